The second kappa shape index (κ2) is 6.59. The molecule has 0 radical (unpaired) electrons. The van der Waals surface area contributed by atoms with E-state index in [4.69, 9.17) is 4.42 Å². The Labute approximate surface area is 149 Å². The van der Waals surface area contributed by atoms with Crippen LogP contribution in [0.5, 0.6) is 0 Å². The van der Waals surface area contributed by atoms with E-state index in [0.29, 0.717) is 23.3 Å². The molecule has 2 amide bonds. The molecule has 2 aromatic carbocycles. The fraction of sp³-hybridized carbons (Fsp3) is 0.143. The quantitative estimate of drug-likeness (QED) is 0.648. The number of rotatable bonds is 5. The van der Waals surface area contributed by atoms with Crippen LogP contribution in [-0.4, -0.2) is 23.3 Å². The van der Waals surface area contributed by atoms with Gasteiger partial charge >= 0.3 is 0 Å². The second-order valence-electron chi connectivity index (χ2n) is 6.22. The third-order valence-corrected chi connectivity index (χ3v) is 4.68. The molecule has 1 atom stereocenters. The minimum Gasteiger partial charge on any atom is -0.469 e. The van der Waals surface area contributed by atoms with Crippen molar-refractivity contribution >= 4 is 11.8 Å². The molecule has 0 N–H and O–H groups in total. The van der Waals surface area contributed by atoms with Crippen molar-refractivity contribution in [2.45, 2.75) is 12.3 Å². The zero-order valence-corrected chi connectivity index (χ0v) is 13.9. The van der Waals surface area contributed by atoms with Gasteiger partial charge in [0.15, 0.2) is 0 Å². The molecule has 0 saturated heterocycles. The molecule has 1 unspecified atom stereocenters. The van der Waals surface area contributed by atoms with Crippen LogP contribution in [0.2, 0.25) is 0 Å². The highest BCUT2D eigenvalue weighted by Crippen LogP contribution is 2.30. The van der Waals surface area contributed by atoms with Gasteiger partial charge in [0.2, 0.25) is 0 Å². The number of benzene rings is 2. The lowest BCUT2D eigenvalue weighted by molar-refractivity contribution is 0.0650. The fourth-order valence-corrected chi connectivity index (χ4v) is 3.36. The van der Waals surface area contributed by atoms with Crippen molar-refractivity contribution in [1.29, 1.82) is 0 Å². The molecule has 0 spiro atoms. The summed E-state index contributed by atoms with van der Waals surface area (Å²) in [6.07, 6.45) is 2.07. The van der Waals surface area contributed by atoms with Crippen LogP contribution in [-0.2, 0) is 0 Å². The highest BCUT2D eigenvalue weighted by atomic mass is 19.1. The minimum absolute atomic E-state index is 0.171. The highest BCUT2D eigenvalue weighted by Gasteiger charge is 2.35. The van der Waals surface area contributed by atoms with Gasteiger partial charge in [0.25, 0.3) is 11.8 Å². The molecule has 1 aromatic heterocycles. The van der Waals surface area contributed by atoms with E-state index < -0.39 is 0 Å². The van der Waals surface area contributed by atoms with Crippen molar-refractivity contribution in [3.63, 3.8) is 0 Å². The molecule has 130 valence electrons. The standard InChI is InChI=1S/C21H16FNO3/c22-15-9-7-14(8-10-15)16(19-6-3-13-26-19)11-12-23-20(24)17-4-1-2-5-18(17)21(23)25/h1-10,13,16H,11-12H2. The maximum absolute atomic E-state index is 13.3. The lowest BCUT2D eigenvalue weighted by Crippen LogP contribution is -2.31. The van der Waals surface area contributed by atoms with E-state index in [1.54, 1.807) is 48.7 Å². The Morgan fingerprint density at radius 2 is 1.54 bits per heavy atom. The van der Waals surface area contributed by atoms with Gasteiger partial charge in [-0.15, -0.1) is 0 Å². The monoisotopic (exact) mass is 349 g/mol. The lowest BCUT2D eigenvalue weighted by atomic mass is 9.93. The average molecular weight is 349 g/mol. The Bertz CT molecular complexity index is 913. The lowest BCUT2D eigenvalue weighted by Gasteiger charge is -2.19. The number of amides is 2. The first kappa shape index (κ1) is 16.3. The molecule has 0 saturated carbocycles. The maximum atomic E-state index is 13.3. The molecule has 2 heterocycles. The van der Waals surface area contributed by atoms with E-state index in [0.717, 1.165) is 5.56 Å². The number of hydrogen-bond donors (Lipinski definition) is 0. The van der Waals surface area contributed by atoms with Gasteiger partial charge in [-0.2, -0.15) is 0 Å². The summed E-state index contributed by atoms with van der Waals surface area (Å²) in [5.41, 5.74) is 1.75. The maximum Gasteiger partial charge on any atom is 0.261 e. The molecule has 4 nitrogen and oxygen atoms in total. The molecule has 0 aliphatic carbocycles. The molecule has 5 heteroatoms. The van der Waals surface area contributed by atoms with Gasteiger partial charge in [0.05, 0.1) is 17.4 Å². The average Bonchev–Trinajstić information content (AvgIpc) is 3.27. The first-order chi connectivity index (χ1) is 12.6. The summed E-state index contributed by atoms with van der Waals surface area (Å²) in [6, 6.07) is 16.6. The number of imide groups is 1. The third-order valence-electron chi connectivity index (χ3n) is 4.68. The molecule has 1 aliphatic rings. The summed E-state index contributed by atoms with van der Waals surface area (Å²) in [6.45, 7) is 0.259. The number of nitrogens with zero attached hydrogens (tertiary/aromatic N) is 1. The Balaban J connectivity index is 1.57. The van der Waals surface area contributed by atoms with E-state index in [9.17, 15) is 14.0 Å². The first-order valence-electron chi connectivity index (χ1n) is 8.39. The van der Waals surface area contributed by atoms with Crippen molar-refractivity contribution in [3.8, 4) is 0 Å². The van der Waals surface area contributed by atoms with Crippen LogP contribution in [0.3, 0.4) is 0 Å². The van der Waals surface area contributed by atoms with Gasteiger partial charge in [-0.1, -0.05) is 24.3 Å². The Morgan fingerprint density at radius 1 is 0.885 bits per heavy atom. The van der Waals surface area contributed by atoms with Crippen molar-refractivity contribution in [2.75, 3.05) is 6.54 Å². The van der Waals surface area contributed by atoms with Gasteiger partial charge < -0.3 is 4.42 Å². The van der Waals surface area contributed by atoms with E-state index in [2.05, 4.69) is 0 Å². The summed E-state index contributed by atoms with van der Waals surface area (Å²) in [5.74, 6) is -0.318. The number of carbonyl (C=O) groups is 2. The number of halogens is 1. The predicted octanol–water partition coefficient (Wildman–Crippen LogP) is 4.24. The first-order valence-corrected chi connectivity index (χ1v) is 8.39. The zero-order chi connectivity index (χ0) is 18.1. The predicted molar refractivity (Wildman–Crippen MR) is 93.4 cm³/mol. The number of fused-ring (bicyclic) bond motifs is 1. The van der Waals surface area contributed by atoms with Gasteiger partial charge in [0.1, 0.15) is 11.6 Å². The molecule has 26 heavy (non-hydrogen) atoms. The van der Waals surface area contributed by atoms with Crippen LogP contribution in [0.25, 0.3) is 0 Å². The van der Waals surface area contributed by atoms with Crippen molar-refractivity contribution < 1.29 is 18.4 Å². The topological polar surface area (TPSA) is 50.5 Å². The van der Waals surface area contributed by atoms with E-state index >= 15 is 0 Å². The number of furan rings is 1. The Morgan fingerprint density at radius 3 is 2.12 bits per heavy atom. The van der Waals surface area contributed by atoms with Gasteiger partial charge in [-0.05, 0) is 48.4 Å². The van der Waals surface area contributed by atoms with Gasteiger partial charge in [0, 0.05) is 12.5 Å². The molecule has 0 fully saturated rings. The smallest absolute Gasteiger partial charge is 0.261 e. The SMILES string of the molecule is O=C1c2ccccc2C(=O)N1CCC(c1ccc(F)cc1)c1ccco1. The van der Waals surface area contributed by atoms with Gasteiger partial charge in [-0.3, -0.25) is 14.5 Å². The van der Waals surface area contributed by atoms with E-state index in [1.165, 1.54) is 17.0 Å². The summed E-state index contributed by atoms with van der Waals surface area (Å²) in [7, 11) is 0. The van der Waals surface area contributed by atoms with Crippen LogP contribution >= 0.6 is 0 Å². The number of hydrogen-bond acceptors (Lipinski definition) is 3. The molecule has 0 bridgehead atoms. The molecule has 1 aliphatic heterocycles. The van der Waals surface area contributed by atoms with Crippen LogP contribution in [0, 0.1) is 5.82 Å². The molecule has 4 rings (SSSR count). The Hall–Kier alpha value is -3.21. The van der Waals surface area contributed by atoms with Gasteiger partial charge in [-0.25, -0.2) is 4.39 Å². The van der Waals surface area contributed by atoms with Crippen LogP contribution in [0.1, 0.15) is 44.4 Å². The van der Waals surface area contributed by atoms with Crippen LogP contribution in [0.15, 0.2) is 71.3 Å². The summed E-state index contributed by atoms with van der Waals surface area (Å²) >= 11 is 0. The van der Waals surface area contributed by atoms with Crippen LogP contribution < -0.4 is 0 Å². The fourth-order valence-electron chi connectivity index (χ4n) is 3.36. The third kappa shape index (κ3) is 2.81. The van der Waals surface area contributed by atoms with Crippen molar-refractivity contribution in [2.24, 2.45) is 0 Å². The normalized spacial score (nSPS) is 14.6. The van der Waals surface area contributed by atoms with Crippen molar-refractivity contribution in [3.05, 3.63) is 95.2 Å². The zero-order valence-electron chi connectivity index (χ0n) is 13.9. The number of carbonyl (C=O) groups excluding carboxylic acids is 2. The summed E-state index contributed by atoms with van der Waals surface area (Å²) in [5, 5.41) is 0. The largest absolute Gasteiger partial charge is 0.469 e. The minimum atomic E-state index is -0.313. The second-order valence-corrected chi connectivity index (χ2v) is 6.22. The molecular weight excluding hydrogens is 333 g/mol. The molecular formula is C21H16FNO3. The molecule has 3 aromatic rings. The van der Waals surface area contributed by atoms with E-state index in [-0.39, 0.29) is 30.1 Å². The van der Waals surface area contributed by atoms with Crippen molar-refractivity contribution in [1.82, 2.24) is 4.90 Å². The van der Waals surface area contributed by atoms with Crippen LogP contribution in [0.4, 0.5) is 4.39 Å². The van der Waals surface area contributed by atoms with E-state index in [1.807, 2.05) is 6.07 Å². The highest BCUT2D eigenvalue weighted by molar-refractivity contribution is 6.21. The Kier molecular flexibility index (Phi) is 4.13. The summed E-state index contributed by atoms with van der Waals surface area (Å²) in [4.78, 5) is 26.3. The summed E-state index contributed by atoms with van der Waals surface area (Å²) < 4.78 is 18.8.